The molecule has 1 aliphatic rings. The molecule has 0 spiro atoms. The third-order valence-electron chi connectivity index (χ3n) is 4.70. The number of hydrogen-bond acceptors (Lipinski definition) is 3. The number of urea groups is 1. The highest BCUT2D eigenvalue weighted by Crippen LogP contribution is 2.20. The molecule has 0 unspecified atom stereocenters. The molecule has 2 heterocycles. The molecule has 1 N–H and O–H groups in total. The lowest BCUT2D eigenvalue weighted by Crippen LogP contribution is -2.39. The fraction of sp³-hybridized carbons (Fsp3) is 0.400. The third kappa shape index (κ3) is 5.03. The molecule has 1 saturated heterocycles. The van der Waals surface area contributed by atoms with Crippen molar-refractivity contribution in [2.45, 2.75) is 19.9 Å². The van der Waals surface area contributed by atoms with Crippen LogP contribution < -0.4 is 5.32 Å². The molecular weight excluding hydrogens is 312 g/mol. The van der Waals surface area contributed by atoms with E-state index in [9.17, 15) is 4.79 Å². The first-order valence-electron chi connectivity index (χ1n) is 8.97. The summed E-state index contributed by atoms with van der Waals surface area (Å²) in [6.45, 7) is 6.69. The number of aromatic nitrogens is 1. The van der Waals surface area contributed by atoms with Crippen LogP contribution in [0.4, 0.5) is 10.5 Å². The molecule has 0 radical (unpaired) electrons. The van der Waals surface area contributed by atoms with Crippen LogP contribution in [-0.4, -0.2) is 47.0 Å². The van der Waals surface area contributed by atoms with Gasteiger partial charge in [0.15, 0.2) is 0 Å². The second kappa shape index (κ2) is 8.62. The molecule has 25 heavy (non-hydrogen) atoms. The number of hydrogen-bond donors (Lipinski definition) is 1. The zero-order valence-electron chi connectivity index (χ0n) is 14.8. The Balaban J connectivity index is 1.49. The van der Waals surface area contributed by atoms with Gasteiger partial charge in [-0.05, 0) is 43.5 Å². The number of nitrogens with one attached hydrogen (secondary N) is 1. The van der Waals surface area contributed by atoms with Gasteiger partial charge in [-0.1, -0.05) is 30.3 Å². The number of amides is 2. The minimum Gasteiger partial charge on any atom is -0.324 e. The first-order valence-corrected chi connectivity index (χ1v) is 8.97. The molecule has 1 atom stereocenters. The number of benzene rings is 1. The van der Waals surface area contributed by atoms with Crippen LogP contribution in [0.15, 0.2) is 54.9 Å². The van der Waals surface area contributed by atoms with E-state index in [1.807, 2.05) is 24.0 Å². The average molecular weight is 338 g/mol. The Morgan fingerprint density at radius 3 is 2.72 bits per heavy atom. The van der Waals surface area contributed by atoms with E-state index in [2.05, 4.69) is 45.5 Å². The van der Waals surface area contributed by atoms with Crippen molar-refractivity contribution in [2.24, 2.45) is 5.92 Å². The number of nitrogens with zero attached hydrogens (tertiary/aromatic N) is 3. The summed E-state index contributed by atoms with van der Waals surface area (Å²) in [4.78, 5) is 20.8. The van der Waals surface area contributed by atoms with E-state index in [1.54, 1.807) is 12.4 Å². The molecule has 1 aromatic carbocycles. The maximum absolute atomic E-state index is 12.5. The maximum Gasteiger partial charge on any atom is 0.321 e. The van der Waals surface area contributed by atoms with Crippen molar-refractivity contribution in [1.82, 2.24) is 14.8 Å². The highest BCUT2D eigenvalue weighted by Gasteiger charge is 2.25. The number of pyridine rings is 1. The van der Waals surface area contributed by atoms with Gasteiger partial charge in [0.1, 0.15) is 0 Å². The molecule has 3 rings (SSSR count). The smallest absolute Gasteiger partial charge is 0.321 e. The van der Waals surface area contributed by atoms with E-state index in [-0.39, 0.29) is 6.03 Å². The van der Waals surface area contributed by atoms with Gasteiger partial charge in [0, 0.05) is 44.3 Å². The number of rotatable bonds is 6. The Labute approximate surface area is 149 Å². The molecule has 1 aromatic heterocycles. The molecule has 5 nitrogen and oxygen atoms in total. The minimum absolute atomic E-state index is 0.0322. The first-order chi connectivity index (χ1) is 12.2. The van der Waals surface area contributed by atoms with Gasteiger partial charge in [0.2, 0.25) is 0 Å². The maximum atomic E-state index is 12.5. The van der Waals surface area contributed by atoms with Crippen molar-refractivity contribution < 1.29 is 4.79 Å². The number of anilines is 1. The zero-order chi connectivity index (χ0) is 17.5. The summed E-state index contributed by atoms with van der Waals surface area (Å²) in [6, 6.07) is 14.2. The van der Waals surface area contributed by atoms with Crippen LogP contribution in [0.5, 0.6) is 0 Å². The van der Waals surface area contributed by atoms with E-state index >= 15 is 0 Å². The Hall–Kier alpha value is -2.40. The third-order valence-corrected chi connectivity index (χ3v) is 4.70. The Bertz CT molecular complexity index is 662. The van der Waals surface area contributed by atoms with Crippen LogP contribution in [0.2, 0.25) is 0 Å². The van der Waals surface area contributed by atoms with Crippen LogP contribution in [-0.2, 0) is 6.54 Å². The SMILES string of the molecule is CCN(C[C@@H]1CCN(Cc2ccccc2)C1)C(=O)Nc1ccncc1. The highest BCUT2D eigenvalue weighted by atomic mass is 16.2. The molecule has 0 aliphatic carbocycles. The molecule has 1 aliphatic heterocycles. The lowest BCUT2D eigenvalue weighted by atomic mass is 10.1. The zero-order valence-corrected chi connectivity index (χ0v) is 14.8. The lowest BCUT2D eigenvalue weighted by molar-refractivity contribution is 0.203. The summed E-state index contributed by atoms with van der Waals surface area (Å²) in [5, 5.41) is 2.95. The van der Waals surface area contributed by atoms with E-state index in [0.29, 0.717) is 12.5 Å². The van der Waals surface area contributed by atoms with Crippen molar-refractivity contribution >= 4 is 11.7 Å². The van der Waals surface area contributed by atoms with Crippen LogP contribution in [0.3, 0.4) is 0 Å². The standard InChI is InChI=1S/C20H26N4O/c1-2-24(20(25)22-19-8-11-21-12-9-19)16-18-10-13-23(15-18)14-17-6-4-3-5-7-17/h3-9,11-12,18H,2,10,13-16H2,1H3,(H,21,22,25)/t18-/m1/s1. The van der Waals surface area contributed by atoms with Gasteiger partial charge in [-0.25, -0.2) is 4.79 Å². The van der Waals surface area contributed by atoms with Gasteiger partial charge >= 0.3 is 6.03 Å². The van der Waals surface area contributed by atoms with Crippen LogP contribution in [0.1, 0.15) is 18.9 Å². The largest absolute Gasteiger partial charge is 0.324 e. The second-order valence-corrected chi connectivity index (χ2v) is 6.58. The number of carbonyl (C=O) groups excluding carboxylic acids is 1. The summed E-state index contributed by atoms with van der Waals surface area (Å²) < 4.78 is 0. The van der Waals surface area contributed by atoms with Crippen LogP contribution in [0, 0.1) is 5.92 Å². The second-order valence-electron chi connectivity index (χ2n) is 6.58. The van der Waals surface area contributed by atoms with E-state index in [1.165, 1.54) is 5.56 Å². The van der Waals surface area contributed by atoms with Gasteiger partial charge in [-0.2, -0.15) is 0 Å². The molecule has 132 valence electrons. The molecule has 1 fully saturated rings. The van der Waals surface area contributed by atoms with Gasteiger partial charge in [-0.15, -0.1) is 0 Å². The van der Waals surface area contributed by atoms with Gasteiger partial charge < -0.3 is 10.2 Å². The van der Waals surface area contributed by atoms with Gasteiger partial charge in [-0.3, -0.25) is 9.88 Å². The summed E-state index contributed by atoms with van der Waals surface area (Å²) in [7, 11) is 0. The molecule has 0 saturated carbocycles. The Morgan fingerprint density at radius 1 is 1.24 bits per heavy atom. The quantitative estimate of drug-likeness (QED) is 0.877. The van der Waals surface area contributed by atoms with Gasteiger partial charge in [0.05, 0.1) is 0 Å². The molecule has 5 heteroatoms. The van der Waals surface area contributed by atoms with E-state index < -0.39 is 0 Å². The first kappa shape index (κ1) is 17.4. The Morgan fingerprint density at radius 2 is 2.00 bits per heavy atom. The fourth-order valence-electron chi connectivity index (χ4n) is 3.35. The van der Waals surface area contributed by atoms with Crippen molar-refractivity contribution in [2.75, 3.05) is 31.5 Å². The average Bonchev–Trinajstić information content (AvgIpc) is 3.08. The molecule has 2 aromatic rings. The normalized spacial score (nSPS) is 17.4. The van der Waals surface area contributed by atoms with Crippen molar-refractivity contribution in [3.8, 4) is 0 Å². The predicted molar refractivity (Wildman–Crippen MR) is 100 cm³/mol. The topological polar surface area (TPSA) is 48.5 Å². The molecular formula is C20H26N4O. The summed E-state index contributed by atoms with van der Waals surface area (Å²) in [6.07, 6.45) is 4.51. The number of likely N-dealkylation sites (tertiary alicyclic amines) is 1. The van der Waals surface area contributed by atoms with Crippen molar-refractivity contribution in [1.29, 1.82) is 0 Å². The predicted octanol–water partition coefficient (Wildman–Crippen LogP) is 3.46. The molecule has 0 bridgehead atoms. The fourth-order valence-corrected chi connectivity index (χ4v) is 3.35. The lowest BCUT2D eigenvalue weighted by Gasteiger charge is -2.25. The Kier molecular flexibility index (Phi) is 6.01. The minimum atomic E-state index is -0.0322. The van der Waals surface area contributed by atoms with E-state index in [0.717, 1.165) is 38.3 Å². The van der Waals surface area contributed by atoms with Crippen LogP contribution in [0.25, 0.3) is 0 Å². The highest BCUT2D eigenvalue weighted by molar-refractivity contribution is 5.89. The van der Waals surface area contributed by atoms with E-state index in [4.69, 9.17) is 0 Å². The summed E-state index contributed by atoms with van der Waals surface area (Å²) in [5.41, 5.74) is 2.14. The van der Waals surface area contributed by atoms with Crippen molar-refractivity contribution in [3.05, 3.63) is 60.4 Å². The summed E-state index contributed by atoms with van der Waals surface area (Å²) >= 11 is 0. The van der Waals surface area contributed by atoms with Gasteiger partial charge in [0.25, 0.3) is 0 Å². The van der Waals surface area contributed by atoms with Crippen LogP contribution >= 0.6 is 0 Å². The molecule has 2 amide bonds. The summed E-state index contributed by atoms with van der Waals surface area (Å²) in [5.74, 6) is 0.534. The number of carbonyl (C=O) groups is 1. The van der Waals surface area contributed by atoms with Crippen molar-refractivity contribution in [3.63, 3.8) is 0 Å². The monoisotopic (exact) mass is 338 g/mol.